The second kappa shape index (κ2) is 6.23. The highest BCUT2D eigenvalue weighted by atomic mass is 32.2. The minimum absolute atomic E-state index is 0.0540. The van der Waals surface area contributed by atoms with Gasteiger partial charge in [-0.1, -0.05) is 6.07 Å². The first-order valence-electron chi connectivity index (χ1n) is 5.97. The zero-order valence-corrected chi connectivity index (χ0v) is 12.3. The van der Waals surface area contributed by atoms with Gasteiger partial charge >= 0.3 is 0 Å². The lowest BCUT2D eigenvalue weighted by molar-refractivity contribution is 0.0846. The number of likely N-dealkylation sites (N-methyl/N-ethyl adjacent to an activating group) is 1. The molecule has 4 N–H and O–H groups in total. The van der Waals surface area contributed by atoms with Gasteiger partial charge in [-0.3, -0.25) is 0 Å². The molecule has 0 fully saturated rings. The molecule has 0 aromatic heterocycles. The quantitative estimate of drug-likeness (QED) is 0.753. The highest BCUT2D eigenvalue weighted by molar-refractivity contribution is 7.89. The Morgan fingerprint density at radius 3 is 2.53 bits per heavy atom. The molecule has 0 aliphatic rings. The molecule has 0 saturated heterocycles. The van der Waals surface area contributed by atoms with Crippen LogP contribution in [0.25, 0.3) is 0 Å². The van der Waals surface area contributed by atoms with Crippen molar-refractivity contribution in [1.82, 2.24) is 0 Å². The topological polar surface area (TPSA) is 98.6 Å². The van der Waals surface area contributed by atoms with Gasteiger partial charge in [-0.15, -0.1) is 0 Å². The van der Waals surface area contributed by atoms with Crippen LogP contribution in [0.1, 0.15) is 13.8 Å². The molecule has 7 heteroatoms. The van der Waals surface area contributed by atoms with Crippen molar-refractivity contribution in [3.63, 3.8) is 0 Å². The highest BCUT2D eigenvalue weighted by Crippen LogP contribution is 2.28. The van der Waals surface area contributed by atoms with Crippen molar-refractivity contribution in [2.75, 3.05) is 30.8 Å². The summed E-state index contributed by atoms with van der Waals surface area (Å²) in [5, 5.41) is 5.12. The summed E-state index contributed by atoms with van der Waals surface area (Å²) in [5.41, 5.74) is 6.65. The fraction of sp³-hybridized carbons (Fsp3) is 0.500. The number of primary sulfonamides is 1. The molecule has 0 heterocycles. The number of anilines is 2. The Bertz CT molecular complexity index is 529. The zero-order chi connectivity index (χ0) is 14.6. The number of nitrogens with zero attached hydrogens (tertiary/aromatic N) is 1. The minimum Gasteiger partial charge on any atom is -0.396 e. The highest BCUT2D eigenvalue weighted by Gasteiger charge is 2.16. The molecule has 0 radical (unpaired) electrons. The van der Waals surface area contributed by atoms with Gasteiger partial charge in [0.15, 0.2) is 0 Å². The molecule has 0 amide bonds. The van der Waals surface area contributed by atoms with Crippen LogP contribution in [0.2, 0.25) is 0 Å². The number of ether oxygens (including phenoxy) is 1. The number of rotatable bonds is 6. The molecule has 0 saturated carbocycles. The summed E-state index contributed by atoms with van der Waals surface area (Å²) in [5.74, 6) is 0. The minimum atomic E-state index is -3.81. The summed E-state index contributed by atoms with van der Waals surface area (Å²) < 4.78 is 28.2. The standard InChI is InChI=1S/C12H21N3O3S/c1-9(2)18-8-7-15(3)10-5-4-6-11(12(10)13)19(14,16)17/h4-6,9H,7-8,13H2,1-3H3,(H2,14,16,17). The van der Waals surface area contributed by atoms with Crippen molar-refractivity contribution in [2.24, 2.45) is 5.14 Å². The summed E-state index contributed by atoms with van der Waals surface area (Å²) in [6.45, 7) is 5.05. The van der Waals surface area contributed by atoms with Gasteiger partial charge in [0.25, 0.3) is 0 Å². The average Bonchev–Trinajstić information content (AvgIpc) is 2.26. The first-order chi connectivity index (χ1) is 8.73. The van der Waals surface area contributed by atoms with E-state index < -0.39 is 10.0 Å². The monoisotopic (exact) mass is 287 g/mol. The van der Waals surface area contributed by atoms with Crippen LogP contribution in [-0.2, 0) is 14.8 Å². The molecule has 0 aliphatic heterocycles. The molecular weight excluding hydrogens is 266 g/mol. The first kappa shape index (κ1) is 15.7. The van der Waals surface area contributed by atoms with E-state index in [4.69, 9.17) is 15.6 Å². The number of nitrogen functional groups attached to an aromatic ring is 1. The summed E-state index contributed by atoms with van der Waals surface area (Å²) in [7, 11) is -1.98. The van der Waals surface area contributed by atoms with E-state index in [1.54, 1.807) is 12.1 Å². The molecule has 0 spiro atoms. The van der Waals surface area contributed by atoms with Crippen molar-refractivity contribution >= 4 is 21.4 Å². The Kier molecular flexibility index (Phi) is 5.16. The molecule has 1 aromatic rings. The van der Waals surface area contributed by atoms with Crippen LogP contribution in [0.15, 0.2) is 23.1 Å². The maximum atomic E-state index is 11.4. The summed E-state index contributed by atoms with van der Waals surface area (Å²) in [6.07, 6.45) is 0.154. The van der Waals surface area contributed by atoms with Crippen LogP contribution in [0.5, 0.6) is 0 Å². The molecule has 0 aliphatic carbocycles. The lowest BCUT2D eigenvalue weighted by Gasteiger charge is -2.22. The van der Waals surface area contributed by atoms with Crippen molar-refractivity contribution in [3.8, 4) is 0 Å². The predicted octanol–water partition coefficient (Wildman–Crippen LogP) is 0.777. The van der Waals surface area contributed by atoms with Crippen LogP contribution in [0, 0.1) is 0 Å². The number of hydrogen-bond donors (Lipinski definition) is 2. The van der Waals surface area contributed by atoms with Gasteiger partial charge in [-0.2, -0.15) is 0 Å². The second-order valence-corrected chi connectivity index (χ2v) is 6.10. The van der Waals surface area contributed by atoms with E-state index in [-0.39, 0.29) is 16.7 Å². The number of para-hydroxylation sites is 1. The molecular formula is C12H21N3O3S. The Balaban J connectivity index is 2.90. The number of benzene rings is 1. The Morgan fingerprint density at radius 2 is 2.00 bits per heavy atom. The van der Waals surface area contributed by atoms with Gasteiger partial charge in [0.05, 0.1) is 24.1 Å². The smallest absolute Gasteiger partial charge is 0.240 e. The van der Waals surface area contributed by atoms with E-state index in [9.17, 15) is 8.42 Å². The average molecular weight is 287 g/mol. The molecule has 108 valence electrons. The van der Waals surface area contributed by atoms with Gasteiger partial charge in [-0.25, -0.2) is 13.6 Å². The Hall–Kier alpha value is -1.31. The van der Waals surface area contributed by atoms with Gasteiger partial charge in [0, 0.05) is 13.6 Å². The molecule has 1 rings (SSSR count). The fourth-order valence-electron chi connectivity index (χ4n) is 1.66. The largest absolute Gasteiger partial charge is 0.396 e. The summed E-state index contributed by atoms with van der Waals surface area (Å²) >= 11 is 0. The van der Waals surface area contributed by atoms with E-state index in [0.29, 0.717) is 18.8 Å². The third-order valence-corrected chi connectivity index (χ3v) is 3.61. The van der Waals surface area contributed by atoms with Gasteiger partial charge in [0.2, 0.25) is 10.0 Å². The maximum absolute atomic E-state index is 11.4. The molecule has 0 bridgehead atoms. The normalized spacial score (nSPS) is 11.8. The second-order valence-electron chi connectivity index (χ2n) is 4.58. The lowest BCUT2D eigenvalue weighted by Crippen LogP contribution is -2.25. The fourth-order valence-corrected chi connectivity index (χ4v) is 2.34. The van der Waals surface area contributed by atoms with Crippen molar-refractivity contribution in [1.29, 1.82) is 0 Å². The van der Waals surface area contributed by atoms with E-state index in [0.717, 1.165) is 0 Å². The summed E-state index contributed by atoms with van der Waals surface area (Å²) in [4.78, 5) is 1.79. The predicted molar refractivity (Wildman–Crippen MR) is 76.6 cm³/mol. The van der Waals surface area contributed by atoms with E-state index in [1.807, 2.05) is 25.8 Å². The van der Waals surface area contributed by atoms with Gasteiger partial charge < -0.3 is 15.4 Å². The van der Waals surface area contributed by atoms with Gasteiger partial charge in [-0.05, 0) is 26.0 Å². The number of hydrogen-bond acceptors (Lipinski definition) is 5. The lowest BCUT2D eigenvalue weighted by atomic mass is 10.2. The van der Waals surface area contributed by atoms with Crippen LogP contribution >= 0.6 is 0 Å². The van der Waals surface area contributed by atoms with E-state index >= 15 is 0 Å². The van der Waals surface area contributed by atoms with Crippen LogP contribution in [0.4, 0.5) is 11.4 Å². The third kappa shape index (κ3) is 4.38. The molecule has 1 aromatic carbocycles. The van der Waals surface area contributed by atoms with Crippen molar-refractivity contribution in [2.45, 2.75) is 24.8 Å². The van der Waals surface area contributed by atoms with Crippen LogP contribution in [0.3, 0.4) is 0 Å². The third-order valence-electron chi connectivity index (χ3n) is 2.64. The summed E-state index contributed by atoms with van der Waals surface area (Å²) in [6, 6.07) is 4.76. The Morgan fingerprint density at radius 1 is 1.37 bits per heavy atom. The Labute approximate surface area is 114 Å². The molecule has 19 heavy (non-hydrogen) atoms. The molecule has 0 unspecified atom stereocenters. The SMILES string of the molecule is CC(C)OCCN(C)c1cccc(S(N)(=O)=O)c1N. The van der Waals surface area contributed by atoms with E-state index in [2.05, 4.69) is 0 Å². The van der Waals surface area contributed by atoms with Crippen molar-refractivity contribution in [3.05, 3.63) is 18.2 Å². The first-order valence-corrected chi connectivity index (χ1v) is 7.52. The molecule has 0 atom stereocenters. The van der Waals surface area contributed by atoms with Gasteiger partial charge in [0.1, 0.15) is 4.90 Å². The zero-order valence-electron chi connectivity index (χ0n) is 11.5. The van der Waals surface area contributed by atoms with E-state index in [1.165, 1.54) is 6.07 Å². The van der Waals surface area contributed by atoms with Crippen LogP contribution < -0.4 is 15.8 Å². The number of sulfonamides is 1. The van der Waals surface area contributed by atoms with Crippen molar-refractivity contribution < 1.29 is 13.2 Å². The van der Waals surface area contributed by atoms with Crippen LogP contribution in [-0.4, -0.2) is 34.7 Å². The maximum Gasteiger partial charge on any atom is 0.240 e. The molecule has 6 nitrogen and oxygen atoms in total. The number of nitrogens with two attached hydrogens (primary N) is 2.